The summed E-state index contributed by atoms with van der Waals surface area (Å²) in [5.41, 5.74) is 2.14. The summed E-state index contributed by atoms with van der Waals surface area (Å²) in [5.74, 6) is 0.485. The Hall–Kier alpha value is -1.21. The van der Waals surface area contributed by atoms with Gasteiger partial charge in [0.25, 0.3) is 0 Å². The number of hydrogen-bond acceptors (Lipinski definition) is 4. The molecule has 2 aliphatic heterocycles. The fourth-order valence-electron chi connectivity index (χ4n) is 2.93. The number of aromatic nitrogens is 2. The number of benzene rings is 1. The molecular weight excluding hydrogens is 334 g/mol. The van der Waals surface area contributed by atoms with Gasteiger partial charge >= 0.3 is 0 Å². The monoisotopic (exact) mass is 349 g/mol. The van der Waals surface area contributed by atoms with Gasteiger partial charge in [0.2, 0.25) is 0 Å². The minimum Gasteiger partial charge on any atom is -0.346 e. The molecular formula is C15H16BrN3O2. The molecule has 0 unspecified atom stereocenters. The highest BCUT2D eigenvalue weighted by molar-refractivity contribution is 9.10. The summed E-state index contributed by atoms with van der Waals surface area (Å²) in [4.78, 5) is 7.91. The van der Waals surface area contributed by atoms with Crippen LogP contribution in [0.2, 0.25) is 0 Å². The third-order valence-corrected chi connectivity index (χ3v) is 4.56. The van der Waals surface area contributed by atoms with E-state index in [9.17, 15) is 0 Å². The zero-order valence-electron chi connectivity index (χ0n) is 11.4. The second kappa shape index (κ2) is 5.21. The Balaban J connectivity index is 1.53. The van der Waals surface area contributed by atoms with Gasteiger partial charge in [-0.3, -0.25) is 0 Å². The molecule has 6 heteroatoms. The van der Waals surface area contributed by atoms with Crippen molar-refractivity contribution in [1.82, 2.24) is 15.3 Å². The predicted molar refractivity (Wildman–Crippen MR) is 81.7 cm³/mol. The van der Waals surface area contributed by atoms with Gasteiger partial charge in [-0.15, -0.1) is 0 Å². The topological polar surface area (TPSA) is 59.2 Å². The Labute approximate surface area is 131 Å². The number of imidazole rings is 1. The molecule has 2 aliphatic rings. The lowest BCUT2D eigenvalue weighted by Crippen LogP contribution is -2.32. The maximum Gasteiger partial charge on any atom is 0.182 e. The van der Waals surface area contributed by atoms with E-state index in [0.29, 0.717) is 19.8 Å². The lowest BCUT2D eigenvalue weighted by Gasteiger charge is -2.19. The molecule has 2 fully saturated rings. The van der Waals surface area contributed by atoms with Crippen molar-refractivity contribution in [3.05, 3.63) is 40.8 Å². The molecule has 110 valence electrons. The van der Waals surface area contributed by atoms with Gasteiger partial charge in [-0.1, -0.05) is 28.1 Å². The van der Waals surface area contributed by atoms with Gasteiger partial charge in [-0.2, -0.15) is 0 Å². The Morgan fingerprint density at radius 3 is 2.71 bits per heavy atom. The molecule has 2 N–H and O–H groups in total. The number of rotatable bonds is 2. The molecule has 1 aromatic carbocycles. The Kier molecular flexibility index (Phi) is 3.34. The third-order valence-electron chi connectivity index (χ3n) is 4.03. The van der Waals surface area contributed by atoms with Gasteiger partial charge in [0, 0.05) is 10.9 Å². The average molecular weight is 350 g/mol. The van der Waals surface area contributed by atoms with Crippen LogP contribution in [0.15, 0.2) is 34.9 Å². The van der Waals surface area contributed by atoms with E-state index in [1.165, 1.54) is 0 Å². The number of nitrogens with zero attached hydrogens (tertiary/aromatic N) is 1. The fourth-order valence-corrected chi connectivity index (χ4v) is 3.20. The van der Waals surface area contributed by atoms with E-state index in [-0.39, 0.29) is 6.04 Å². The van der Waals surface area contributed by atoms with E-state index in [2.05, 4.69) is 43.3 Å². The number of halogens is 1. The minimum absolute atomic E-state index is 0.146. The van der Waals surface area contributed by atoms with Crippen molar-refractivity contribution < 1.29 is 9.47 Å². The molecule has 1 atom stereocenters. The van der Waals surface area contributed by atoms with Crippen LogP contribution in [0.3, 0.4) is 0 Å². The smallest absolute Gasteiger partial charge is 0.182 e. The second-order valence-corrected chi connectivity index (χ2v) is 6.35. The molecule has 5 nitrogen and oxygen atoms in total. The molecule has 1 spiro atoms. The molecule has 0 aliphatic carbocycles. The maximum atomic E-state index is 5.73. The Bertz CT molecular complexity index is 635. The zero-order valence-corrected chi connectivity index (χ0v) is 13.0. The number of hydrogen-bond donors (Lipinski definition) is 2. The van der Waals surface area contributed by atoms with Gasteiger partial charge < -0.3 is 19.8 Å². The van der Waals surface area contributed by atoms with Crippen molar-refractivity contribution in [2.24, 2.45) is 0 Å². The molecule has 0 saturated carbocycles. The molecule has 21 heavy (non-hydrogen) atoms. The van der Waals surface area contributed by atoms with Crippen LogP contribution in [0.5, 0.6) is 0 Å². The first-order valence-electron chi connectivity index (χ1n) is 7.06. The highest BCUT2D eigenvalue weighted by atomic mass is 79.9. The summed E-state index contributed by atoms with van der Waals surface area (Å²) in [5, 5.41) is 3.43. The first kappa shape index (κ1) is 13.5. The zero-order chi connectivity index (χ0) is 14.3. The van der Waals surface area contributed by atoms with Crippen molar-refractivity contribution >= 4 is 15.9 Å². The van der Waals surface area contributed by atoms with E-state index in [4.69, 9.17) is 9.47 Å². The lowest BCUT2D eigenvalue weighted by atomic mass is 10.1. The van der Waals surface area contributed by atoms with Crippen LogP contribution in [-0.4, -0.2) is 35.5 Å². The van der Waals surface area contributed by atoms with Gasteiger partial charge in [0.15, 0.2) is 5.79 Å². The largest absolute Gasteiger partial charge is 0.346 e. The second-order valence-electron chi connectivity index (χ2n) is 5.43. The number of H-pyrrole nitrogens is 1. The van der Waals surface area contributed by atoms with Crippen LogP contribution in [0, 0.1) is 0 Å². The summed E-state index contributed by atoms with van der Waals surface area (Å²) in [6.45, 7) is 2.07. The molecule has 0 bridgehead atoms. The summed E-state index contributed by atoms with van der Waals surface area (Å²) in [6, 6.07) is 8.33. The summed E-state index contributed by atoms with van der Waals surface area (Å²) in [7, 11) is 0. The summed E-state index contributed by atoms with van der Waals surface area (Å²) < 4.78 is 12.5. The predicted octanol–water partition coefficient (Wildman–Crippen LogP) is 2.62. The quantitative estimate of drug-likeness (QED) is 0.874. The number of nitrogens with one attached hydrogen (secondary N) is 2. The van der Waals surface area contributed by atoms with Gasteiger partial charge in [-0.05, 0) is 17.7 Å². The normalized spacial score (nSPS) is 24.0. The van der Waals surface area contributed by atoms with Crippen LogP contribution in [0.25, 0.3) is 11.3 Å². The molecule has 1 aromatic heterocycles. The molecule has 4 rings (SSSR count). The van der Waals surface area contributed by atoms with Crippen molar-refractivity contribution in [2.75, 3.05) is 19.8 Å². The Morgan fingerprint density at radius 2 is 1.95 bits per heavy atom. The van der Waals surface area contributed by atoms with E-state index >= 15 is 0 Å². The highest BCUT2D eigenvalue weighted by Gasteiger charge is 2.45. The van der Waals surface area contributed by atoms with E-state index in [1.807, 2.05) is 18.3 Å². The molecule has 2 saturated heterocycles. The molecule has 0 radical (unpaired) electrons. The van der Waals surface area contributed by atoms with Gasteiger partial charge in [0.05, 0.1) is 37.7 Å². The van der Waals surface area contributed by atoms with Gasteiger partial charge in [0.1, 0.15) is 5.82 Å². The summed E-state index contributed by atoms with van der Waals surface area (Å²) in [6.07, 6.45) is 2.67. The van der Waals surface area contributed by atoms with Gasteiger partial charge in [-0.25, -0.2) is 4.98 Å². The van der Waals surface area contributed by atoms with Crippen molar-refractivity contribution in [3.63, 3.8) is 0 Å². The SMILES string of the molecule is Brc1ccc(-c2cnc([C@@H]3CC4(CN3)OCCO4)[nH]2)cc1. The summed E-state index contributed by atoms with van der Waals surface area (Å²) >= 11 is 3.45. The maximum absolute atomic E-state index is 5.73. The van der Waals surface area contributed by atoms with Crippen LogP contribution < -0.4 is 5.32 Å². The van der Waals surface area contributed by atoms with E-state index in [0.717, 1.165) is 28.0 Å². The van der Waals surface area contributed by atoms with Crippen molar-refractivity contribution in [3.8, 4) is 11.3 Å². The standard InChI is InChI=1S/C15H16BrN3O2/c16-11-3-1-10(2-4-11)13-8-17-14(19-13)12-7-15(9-18-12)20-5-6-21-15/h1-4,8,12,18H,5-7,9H2,(H,17,19)/t12-/m0/s1. The first-order valence-corrected chi connectivity index (χ1v) is 7.86. The van der Waals surface area contributed by atoms with E-state index in [1.54, 1.807) is 0 Å². The molecule has 3 heterocycles. The molecule has 2 aromatic rings. The lowest BCUT2D eigenvalue weighted by molar-refractivity contribution is -0.141. The van der Waals surface area contributed by atoms with Crippen LogP contribution in [-0.2, 0) is 9.47 Å². The fraction of sp³-hybridized carbons (Fsp3) is 0.400. The highest BCUT2D eigenvalue weighted by Crippen LogP contribution is 2.35. The van der Waals surface area contributed by atoms with Crippen molar-refractivity contribution in [1.29, 1.82) is 0 Å². The van der Waals surface area contributed by atoms with Crippen LogP contribution in [0.1, 0.15) is 18.3 Å². The molecule has 0 amide bonds. The first-order chi connectivity index (χ1) is 10.2. The number of ether oxygens (including phenoxy) is 2. The Morgan fingerprint density at radius 1 is 1.19 bits per heavy atom. The average Bonchev–Trinajstić information content (AvgIpc) is 3.22. The van der Waals surface area contributed by atoms with Crippen molar-refractivity contribution in [2.45, 2.75) is 18.2 Å². The van der Waals surface area contributed by atoms with Crippen LogP contribution in [0.4, 0.5) is 0 Å². The van der Waals surface area contributed by atoms with E-state index < -0.39 is 5.79 Å². The third kappa shape index (κ3) is 2.53. The minimum atomic E-state index is -0.449. The number of aromatic amines is 1. The van der Waals surface area contributed by atoms with Crippen LogP contribution >= 0.6 is 15.9 Å².